The van der Waals surface area contributed by atoms with E-state index in [9.17, 15) is 19.5 Å². The number of aryl methyl sites for hydroxylation is 1. The molecule has 0 saturated carbocycles. The van der Waals surface area contributed by atoms with Gasteiger partial charge in [-0.1, -0.05) is 18.2 Å². The minimum Gasteiger partial charge on any atom is -0.476 e. The maximum Gasteiger partial charge on any atom is 0.357 e. The third-order valence-electron chi connectivity index (χ3n) is 5.32. The van der Waals surface area contributed by atoms with Gasteiger partial charge in [0.15, 0.2) is 5.69 Å². The van der Waals surface area contributed by atoms with E-state index in [2.05, 4.69) is 15.3 Å². The molecule has 2 N–H and O–H groups in total. The van der Waals surface area contributed by atoms with Gasteiger partial charge in [0.05, 0.1) is 5.39 Å². The van der Waals surface area contributed by atoms with Crippen LogP contribution in [0.25, 0.3) is 10.8 Å². The van der Waals surface area contributed by atoms with Gasteiger partial charge in [0.1, 0.15) is 6.54 Å². The predicted molar refractivity (Wildman–Crippen MR) is 114 cm³/mol. The fourth-order valence-electron chi connectivity index (χ4n) is 3.79. The van der Waals surface area contributed by atoms with Gasteiger partial charge in [-0.15, -0.1) is 0 Å². The SMILES string of the molecule is Cc1cc(N2CCCC2)ccc1NC(=O)Cn1nc(C(=O)O)c2ccccc2c1=O. The van der Waals surface area contributed by atoms with E-state index in [1.165, 1.54) is 25.0 Å². The summed E-state index contributed by atoms with van der Waals surface area (Å²) < 4.78 is 0.898. The average molecular weight is 406 g/mol. The Morgan fingerprint density at radius 2 is 1.80 bits per heavy atom. The topological polar surface area (TPSA) is 105 Å². The van der Waals surface area contributed by atoms with Crippen LogP contribution in [-0.2, 0) is 11.3 Å². The highest BCUT2D eigenvalue weighted by Crippen LogP contribution is 2.25. The zero-order chi connectivity index (χ0) is 21.3. The smallest absolute Gasteiger partial charge is 0.357 e. The zero-order valence-corrected chi connectivity index (χ0v) is 16.6. The largest absolute Gasteiger partial charge is 0.476 e. The van der Waals surface area contributed by atoms with E-state index in [0.29, 0.717) is 5.69 Å². The lowest BCUT2D eigenvalue weighted by atomic mass is 10.1. The van der Waals surface area contributed by atoms with E-state index in [1.54, 1.807) is 12.1 Å². The highest BCUT2D eigenvalue weighted by atomic mass is 16.4. The van der Waals surface area contributed by atoms with Gasteiger partial charge in [0.25, 0.3) is 5.56 Å². The number of fused-ring (bicyclic) bond motifs is 1. The summed E-state index contributed by atoms with van der Waals surface area (Å²) in [5.74, 6) is -1.71. The molecule has 0 bridgehead atoms. The number of anilines is 2. The van der Waals surface area contributed by atoms with Gasteiger partial charge in [-0.2, -0.15) is 5.10 Å². The number of hydrogen-bond donors (Lipinski definition) is 2. The molecular formula is C22H22N4O4. The van der Waals surface area contributed by atoms with Crippen molar-refractivity contribution >= 4 is 34.0 Å². The monoisotopic (exact) mass is 406 g/mol. The summed E-state index contributed by atoms with van der Waals surface area (Å²) in [6.45, 7) is 3.61. The molecule has 4 rings (SSSR count). The normalized spacial score (nSPS) is 13.6. The van der Waals surface area contributed by atoms with Crippen molar-refractivity contribution in [3.8, 4) is 0 Å². The third kappa shape index (κ3) is 3.76. The maximum absolute atomic E-state index is 12.7. The summed E-state index contributed by atoms with van der Waals surface area (Å²) in [5.41, 5.74) is 1.92. The van der Waals surface area contributed by atoms with E-state index in [1.807, 2.05) is 25.1 Å². The van der Waals surface area contributed by atoms with Gasteiger partial charge < -0.3 is 15.3 Å². The van der Waals surface area contributed by atoms with E-state index in [4.69, 9.17) is 0 Å². The first-order valence-corrected chi connectivity index (χ1v) is 9.82. The molecule has 1 aliphatic rings. The Bertz CT molecular complexity index is 1200. The van der Waals surface area contributed by atoms with Crippen molar-refractivity contribution in [2.24, 2.45) is 0 Å². The van der Waals surface area contributed by atoms with Gasteiger partial charge >= 0.3 is 5.97 Å². The van der Waals surface area contributed by atoms with Crippen LogP contribution in [0, 0.1) is 6.92 Å². The Balaban J connectivity index is 1.57. The molecule has 1 aromatic heterocycles. The van der Waals surface area contributed by atoms with Gasteiger partial charge in [0, 0.05) is 29.9 Å². The van der Waals surface area contributed by atoms with E-state index in [0.717, 1.165) is 29.0 Å². The summed E-state index contributed by atoms with van der Waals surface area (Å²) in [6, 6.07) is 12.2. The summed E-state index contributed by atoms with van der Waals surface area (Å²) in [5, 5.41) is 16.6. The van der Waals surface area contributed by atoms with Crippen LogP contribution in [0.2, 0.25) is 0 Å². The number of carboxylic acids is 1. The van der Waals surface area contributed by atoms with Gasteiger partial charge in [-0.25, -0.2) is 9.48 Å². The molecule has 1 aliphatic heterocycles. The molecule has 3 aromatic rings. The first kappa shape index (κ1) is 19.6. The van der Waals surface area contributed by atoms with Crippen LogP contribution in [0.1, 0.15) is 28.9 Å². The number of carbonyl (C=O) groups is 2. The fourth-order valence-corrected chi connectivity index (χ4v) is 3.79. The second-order valence-corrected chi connectivity index (χ2v) is 7.40. The van der Waals surface area contributed by atoms with Crippen LogP contribution >= 0.6 is 0 Å². The summed E-state index contributed by atoms with van der Waals surface area (Å²) in [6.07, 6.45) is 2.37. The van der Waals surface area contributed by atoms with Crippen LogP contribution < -0.4 is 15.8 Å². The summed E-state index contributed by atoms with van der Waals surface area (Å²) in [4.78, 5) is 39.1. The van der Waals surface area contributed by atoms with Crippen LogP contribution in [0.4, 0.5) is 11.4 Å². The Morgan fingerprint density at radius 3 is 2.47 bits per heavy atom. The average Bonchev–Trinajstić information content (AvgIpc) is 3.26. The van der Waals surface area contributed by atoms with Crippen LogP contribution in [0.3, 0.4) is 0 Å². The molecule has 30 heavy (non-hydrogen) atoms. The number of hydrogen-bond acceptors (Lipinski definition) is 5. The summed E-state index contributed by atoms with van der Waals surface area (Å²) >= 11 is 0. The van der Waals surface area contributed by atoms with Crippen LogP contribution in [0.15, 0.2) is 47.3 Å². The fraction of sp³-hybridized carbons (Fsp3) is 0.273. The van der Waals surface area contributed by atoms with Crippen molar-refractivity contribution < 1.29 is 14.7 Å². The van der Waals surface area contributed by atoms with Crippen molar-refractivity contribution in [2.75, 3.05) is 23.3 Å². The first-order chi connectivity index (χ1) is 14.4. The molecule has 0 spiro atoms. The van der Waals surface area contributed by atoms with Gasteiger partial charge in [-0.3, -0.25) is 9.59 Å². The quantitative estimate of drug-likeness (QED) is 0.675. The predicted octanol–water partition coefficient (Wildman–Crippen LogP) is 2.64. The zero-order valence-electron chi connectivity index (χ0n) is 16.6. The molecule has 0 atom stereocenters. The molecule has 1 fully saturated rings. The van der Waals surface area contributed by atoms with Gasteiger partial charge in [-0.05, 0) is 49.6 Å². The van der Waals surface area contributed by atoms with Crippen LogP contribution in [0.5, 0.6) is 0 Å². The van der Waals surface area contributed by atoms with E-state index < -0.39 is 17.4 Å². The highest BCUT2D eigenvalue weighted by molar-refractivity contribution is 6.01. The Kier molecular flexibility index (Phi) is 5.22. The maximum atomic E-state index is 12.7. The van der Waals surface area contributed by atoms with Crippen molar-refractivity contribution in [2.45, 2.75) is 26.3 Å². The highest BCUT2D eigenvalue weighted by Gasteiger charge is 2.18. The molecule has 0 radical (unpaired) electrons. The van der Waals surface area contributed by atoms with Crippen molar-refractivity contribution in [1.29, 1.82) is 0 Å². The number of carbonyl (C=O) groups excluding carboxylic acids is 1. The molecule has 1 saturated heterocycles. The number of aromatic nitrogens is 2. The Morgan fingerprint density at radius 1 is 1.10 bits per heavy atom. The third-order valence-corrected chi connectivity index (χ3v) is 5.32. The first-order valence-electron chi connectivity index (χ1n) is 9.82. The molecule has 2 heterocycles. The lowest BCUT2D eigenvalue weighted by molar-refractivity contribution is -0.117. The molecule has 2 aromatic carbocycles. The second kappa shape index (κ2) is 7.98. The molecule has 8 heteroatoms. The standard InChI is InChI=1S/C22H22N4O4/c1-14-12-15(25-10-4-5-11-25)8-9-18(14)23-19(27)13-26-21(28)17-7-3-2-6-16(17)20(24-26)22(29)30/h2-3,6-9,12H,4-5,10-11,13H2,1H3,(H,23,27)(H,29,30). The van der Waals surface area contributed by atoms with Crippen LogP contribution in [-0.4, -0.2) is 39.9 Å². The van der Waals surface area contributed by atoms with Gasteiger partial charge in [0.2, 0.25) is 5.91 Å². The van der Waals surface area contributed by atoms with E-state index >= 15 is 0 Å². The minimum absolute atomic E-state index is 0.212. The lowest BCUT2D eigenvalue weighted by Gasteiger charge is -2.19. The molecule has 0 aliphatic carbocycles. The Hall–Kier alpha value is -3.68. The molecule has 1 amide bonds. The lowest BCUT2D eigenvalue weighted by Crippen LogP contribution is -2.31. The second-order valence-electron chi connectivity index (χ2n) is 7.40. The van der Waals surface area contributed by atoms with Crippen molar-refractivity contribution in [1.82, 2.24) is 9.78 Å². The summed E-state index contributed by atoms with van der Waals surface area (Å²) in [7, 11) is 0. The number of rotatable bonds is 5. The van der Waals surface area contributed by atoms with Crippen molar-refractivity contribution in [3.05, 3.63) is 64.1 Å². The number of aromatic carboxylic acids is 1. The Labute approximate surface area is 172 Å². The molecule has 0 unspecified atom stereocenters. The number of carboxylic acid groups (broad SMARTS) is 1. The number of benzene rings is 2. The number of amides is 1. The number of nitrogens with zero attached hydrogens (tertiary/aromatic N) is 3. The molecule has 154 valence electrons. The van der Waals surface area contributed by atoms with Crippen molar-refractivity contribution in [3.63, 3.8) is 0 Å². The molecular weight excluding hydrogens is 384 g/mol. The van der Waals surface area contributed by atoms with E-state index in [-0.39, 0.29) is 23.0 Å². The molecule has 8 nitrogen and oxygen atoms in total. The number of nitrogens with one attached hydrogen (secondary N) is 1. The minimum atomic E-state index is -1.26.